The Kier molecular flexibility index (Phi) is 3.19. The average Bonchev–Trinajstić information content (AvgIpc) is 2.81. The maximum atomic E-state index is 12.4. The lowest BCUT2D eigenvalue weighted by Gasteiger charge is -2.10. The van der Waals surface area contributed by atoms with Crippen LogP contribution >= 0.6 is 0 Å². The first-order chi connectivity index (χ1) is 6.02. The number of carbonyl (C=O) groups is 1. The molecule has 1 N–H and O–H groups in total. The molecule has 13 heavy (non-hydrogen) atoms. The lowest BCUT2D eigenvalue weighted by Crippen LogP contribution is -2.33. The van der Waals surface area contributed by atoms with Crippen molar-refractivity contribution in [2.45, 2.75) is 25.2 Å². The third kappa shape index (κ3) is 3.67. The van der Waals surface area contributed by atoms with E-state index in [9.17, 15) is 13.6 Å². The van der Waals surface area contributed by atoms with Crippen LogP contribution in [0.15, 0.2) is 0 Å². The molecule has 0 heterocycles. The summed E-state index contributed by atoms with van der Waals surface area (Å²) in [6, 6.07) is 0. The molecule has 0 bridgehead atoms. The molecule has 0 aromatic rings. The van der Waals surface area contributed by atoms with E-state index >= 15 is 0 Å². The Bertz CT molecular complexity index is 190. The quantitative estimate of drug-likeness (QED) is 0.652. The van der Waals surface area contributed by atoms with Gasteiger partial charge in [0.25, 0.3) is 0 Å². The molecule has 5 heteroatoms. The van der Waals surface area contributed by atoms with Gasteiger partial charge in [-0.15, -0.1) is 0 Å². The molecule has 0 spiro atoms. The van der Waals surface area contributed by atoms with Crippen LogP contribution in [-0.4, -0.2) is 30.2 Å². The highest BCUT2D eigenvalue weighted by molar-refractivity contribution is 5.75. The number of aliphatic carboxylic acids is 1. The molecule has 0 aliphatic heterocycles. The van der Waals surface area contributed by atoms with Crippen LogP contribution in [-0.2, 0) is 9.53 Å². The SMILES string of the molecule is O=C(O)C(F)(F)COCCC1CC1. The van der Waals surface area contributed by atoms with E-state index in [2.05, 4.69) is 4.74 Å². The molecule has 0 unspecified atom stereocenters. The maximum Gasteiger partial charge on any atom is 0.377 e. The summed E-state index contributed by atoms with van der Waals surface area (Å²) in [5.74, 6) is -5.26. The van der Waals surface area contributed by atoms with Crippen molar-refractivity contribution in [3.63, 3.8) is 0 Å². The van der Waals surface area contributed by atoms with E-state index in [1.807, 2.05) is 0 Å². The van der Waals surface area contributed by atoms with Gasteiger partial charge in [0.1, 0.15) is 6.61 Å². The monoisotopic (exact) mass is 194 g/mol. The fourth-order valence-corrected chi connectivity index (χ4v) is 0.919. The van der Waals surface area contributed by atoms with E-state index in [4.69, 9.17) is 5.11 Å². The predicted octanol–water partition coefficient (Wildman–Crippen LogP) is 1.52. The van der Waals surface area contributed by atoms with Gasteiger partial charge in [-0.05, 0) is 12.3 Å². The van der Waals surface area contributed by atoms with Crippen molar-refractivity contribution in [1.82, 2.24) is 0 Å². The highest BCUT2D eigenvalue weighted by Gasteiger charge is 2.39. The molecule has 1 aliphatic rings. The molecule has 0 aromatic carbocycles. The van der Waals surface area contributed by atoms with Crippen molar-refractivity contribution in [2.75, 3.05) is 13.2 Å². The minimum absolute atomic E-state index is 0.230. The Hall–Kier alpha value is -0.710. The molecule has 0 amide bonds. The summed E-state index contributed by atoms with van der Waals surface area (Å²) in [6.07, 6.45) is 3.03. The summed E-state index contributed by atoms with van der Waals surface area (Å²) in [7, 11) is 0. The molecule has 0 aromatic heterocycles. The summed E-state index contributed by atoms with van der Waals surface area (Å²) in [6.45, 7) is -0.789. The predicted molar refractivity (Wildman–Crippen MR) is 40.7 cm³/mol. The molecular formula is C8H12F2O3. The summed E-state index contributed by atoms with van der Waals surface area (Å²) < 4.78 is 29.3. The van der Waals surface area contributed by atoms with Crippen LogP contribution in [0.4, 0.5) is 8.78 Å². The first kappa shape index (κ1) is 10.4. The molecule has 1 fully saturated rings. The Morgan fingerprint density at radius 1 is 1.54 bits per heavy atom. The van der Waals surface area contributed by atoms with E-state index < -0.39 is 18.5 Å². The van der Waals surface area contributed by atoms with Gasteiger partial charge < -0.3 is 9.84 Å². The third-order valence-corrected chi connectivity index (χ3v) is 1.96. The molecule has 1 rings (SSSR count). The molecule has 0 atom stereocenters. The van der Waals surface area contributed by atoms with Gasteiger partial charge in [0.15, 0.2) is 0 Å². The van der Waals surface area contributed by atoms with Crippen molar-refractivity contribution in [2.24, 2.45) is 5.92 Å². The number of carboxylic acid groups (broad SMARTS) is 1. The molecule has 3 nitrogen and oxygen atoms in total. The zero-order chi connectivity index (χ0) is 9.90. The van der Waals surface area contributed by atoms with Crippen LogP contribution in [0.3, 0.4) is 0 Å². The lowest BCUT2D eigenvalue weighted by atomic mass is 10.3. The third-order valence-electron chi connectivity index (χ3n) is 1.96. The average molecular weight is 194 g/mol. The van der Waals surface area contributed by atoms with Gasteiger partial charge in [0.2, 0.25) is 0 Å². The largest absolute Gasteiger partial charge is 0.477 e. The van der Waals surface area contributed by atoms with Crippen molar-refractivity contribution < 1.29 is 23.4 Å². The van der Waals surface area contributed by atoms with Crippen LogP contribution in [0.5, 0.6) is 0 Å². The smallest absolute Gasteiger partial charge is 0.377 e. The lowest BCUT2D eigenvalue weighted by molar-refractivity contribution is -0.173. The Labute approximate surface area is 74.7 Å². The molecule has 76 valence electrons. The van der Waals surface area contributed by atoms with Crippen molar-refractivity contribution in [3.05, 3.63) is 0 Å². The van der Waals surface area contributed by atoms with E-state index in [0.29, 0.717) is 5.92 Å². The number of rotatable bonds is 6. The fraction of sp³-hybridized carbons (Fsp3) is 0.875. The summed E-state index contributed by atoms with van der Waals surface area (Å²) >= 11 is 0. The van der Waals surface area contributed by atoms with Gasteiger partial charge in [0.05, 0.1) is 0 Å². The molecule has 1 aliphatic carbocycles. The Balaban J connectivity index is 2.05. The molecule has 1 saturated carbocycles. The van der Waals surface area contributed by atoms with E-state index in [0.717, 1.165) is 19.3 Å². The number of alkyl halides is 2. The van der Waals surface area contributed by atoms with E-state index in [1.54, 1.807) is 0 Å². The molecule has 0 saturated heterocycles. The summed E-state index contributed by atoms with van der Waals surface area (Å²) in [5.41, 5.74) is 0. The molecular weight excluding hydrogens is 182 g/mol. The van der Waals surface area contributed by atoms with Crippen molar-refractivity contribution in [1.29, 1.82) is 0 Å². The van der Waals surface area contributed by atoms with Crippen LogP contribution in [0.1, 0.15) is 19.3 Å². The number of carboxylic acids is 1. The van der Waals surface area contributed by atoms with Gasteiger partial charge >= 0.3 is 11.9 Å². The van der Waals surface area contributed by atoms with Crippen molar-refractivity contribution >= 4 is 5.97 Å². The second kappa shape index (κ2) is 4.00. The number of ether oxygens (including phenoxy) is 1. The topological polar surface area (TPSA) is 46.5 Å². The summed E-state index contributed by atoms with van der Waals surface area (Å²) in [5, 5.41) is 8.03. The van der Waals surface area contributed by atoms with Gasteiger partial charge in [-0.3, -0.25) is 0 Å². The Morgan fingerprint density at radius 2 is 2.15 bits per heavy atom. The standard InChI is InChI=1S/C8H12F2O3/c9-8(10,7(11)12)5-13-4-3-6-1-2-6/h6H,1-5H2,(H,11,12). The first-order valence-corrected chi connectivity index (χ1v) is 4.21. The minimum atomic E-state index is -3.75. The zero-order valence-corrected chi connectivity index (χ0v) is 7.13. The minimum Gasteiger partial charge on any atom is -0.477 e. The second-order valence-electron chi connectivity index (χ2n) is 3.29. The summed E-state index contributed by atoms with van der Waals surface area (Å²) in [4.78, 5) is 9.93. The van der Waals surface area contributed by atoms with Gasteiger partial charge in [-0.1, -0.05) is 12.8 Å². The van der Waals surface area contributed by atoms with E-state index in [1.165, 1.54) is 0 Å². The van der Waals surface area contributed by atoms with Crippen LogP contribution in [0.2, 0.25) is 0 Å². The van der Waals surface area contributed by atoms with Gasteiger partial charge in [-0.2, -0.15) is 8.78 Å². The Morgan fingerprint density at radius 3 is 2.62 bits per heavy atom. The highest BCUT2D eigenvalue weighted by atomic mass is 19.3. The highest BCUT2D eigenvalue weighted by Crippen LogP contribution is 2.32. The van der Waals surface area contributed by atoms with Crippen LogP contribution in [0, 0.1) is 5.92 Å². The number of halogens is 2. The fourth-order valence-electron chi connectivity index (χ4n) is 0.919. The number of hydrogen-bond acceptors (Lipinski definition) is 2. The van der Waals surface area contributed by atoms with Gasteiger partial charge in [0, 0.05) is 6.61 Å². The normalized spacial score (nSPS) is 17.4. The maximum absolute atomic E-state index is 12.4. The van der Waals surface area contributed by atoms with Crippen molar-refractivity contribution in [3.8, 4) is 0 Å². The molecule has 0 radical (unpaired) electrons. The van der Waals surface area contributed by atoms with Gasteiger partial charge in [-0.25, -0.2) is 4.79 Å². The zero-order valence-electron chi connectivity index (χ0n) is 7.13. The van der Waals surface area contributed by atoms with Crippen LogP contribution < -0.4 is 0 Å². The second-order valence-corrected chi connectivity index (χ2v) is 3.29. The number of hydrogen-bond donors (Lipinski definition) is 1. The van der Waals surface area contributed by atoms with E-state index in [-0.39, 0.29) is 6.61 Å². The first-order valence-electron chi connectivity index (χ1n) is 4.21. The van der Waals surface area contributed by atoms with Crippen LogP contribution in [0.25, 0.3) is 0 Å².